The third-order valence-corrected chi connectivity index (χ3v) is 3.47. The van der Waals surface area contributed by atoms with Crippen molar-refractivity contribution in [3.63, 3.8) is 0 Å². The van der Waals surface area contributed by atoms with Crippen molar-refractivity contribution in [1.29, 1.82) is 0 Å². The van der Waals surface area contributed by atoms with Crippen LogP contribution in [0.25, 0.3) is 0 Å². The number of amides is 1. The predicted molar refractivity (Wildman–Crippen MR) is 86.8 cm³/mol. The van der Waals surface area contributed by atoms with Crippen LogP contribution < -0.4 is 10.6 Å². The molecule has 0 aliphatic carbocycles. The summed E-state index contributed by atoms with van der Waals surface area (Å²) in [5, 5.41) is 1.18. The molecule has 2 aromatic carbocycles. The van der Waals surface area contributed by atoms with Gasteiger partial charge in [-0.2, -0.15) is 0 Å². The van der Waals surface area contributed by atoms with E-state index in [4.69, 9.17) is 41.2 Å². The molecule has 102 valence electrons. The average Bonchev–Trinajstić information content (AvgIpc) is 2.43. The van der Waals surface area contributed by atoms with Gasteiger partial charge in [0.1, 0.15) is 0 Å². The van der Waals surface area contributed by atoms with Gasteiger partial charge in [-0.15, -0.1) is 0 Å². The first kappa shape index (κ1) is 14.8. The highest BCUT2D eigenvalue weighted by Crippen LogP contribution is 2.28. The molecule has 2 aromatic rings. The van der Waals surface area contributed by atoms with Crippen molar-refractivity contribution in [2.75, 3.05) is 4.90 Å². The number of rotatable bonds is 2. The normalized spacial score (nSPS) is 10.1. The van der Waals surface area contributed by atoms with Crippen LogP contribution in [0.3, 0.4) is 0 Å². The standard InChI is InChI=1S/C14H10Cl2N2OS/c15-9-1-5-11(6-2-9)18(14(20)13(17)19)12-7-3-10(16)4-8-12/h1-8H,(H2,17,19). The molecular formula is C14H10Cl2N2OS. The summed E-state index contributed by atoms with van der Waals surface area (Å²) in [6.45, 7) is 0. The molecule has 0 atom stereocenters. The zero-order chi connectivity index (χ0) is 14.7. The Labute approximate surface area is 131 Å². The fourth-order valence-corrected chi connectivity index (χ4v) is 2.14. The zero-order valence-electron chi connectivity index (χ0n) is 10.2. The quantitative estimate of drug-likeness (QED) is 0.851. The summed E-state index contributed by atoms with van der Waals surface area (Å²) in [6.07, 6.45) is 0. The number of benzene rings is 2. The molecule has 0 heterocycles. The van der Waals surface area contributed by atoms with Gasteiger partial charge in [0.15, 0.2) is 4.99 Å². The molecule has 0 aromatic heterocycles. The fourth-order valence-electron chi connectivity index (χ4n) is 1.67. The maximum Gasteiger partial charge on any atom is 0.277 e. The first-order valence-corrected chi connectivity index (χ1v) is 6.80. The van der Waals surface area contributed by atoms with Gasteiger partial charge in [0.2, 0.25) is 0 Å². The minimum absolute atomic E-state index is 0.00496. The van der Waals surface area contributed by atoms with Crippen molar-refractivity contribution >= 4 is 57.7 Å². The molecule has 2 N–H and O–H groups in total. The van der Waals surface area contributed by atoms with E-state index in [1.54, 1.807) is 53.4 Å². The minimum atomic E-state index is -0.676. The van der Waals surface area contributed by atoms with Crippen molar-refractivity contribution in [3.05, 3.63) is 58.6 Å². The van der Waals surface area contributed by atoms with Crippen LogP contribution in [0.4, 0.5) is 11.4 Å². The molecule has 0 saturated carbocycles. The number of nitrogens with zero attached hydrogens (tertiary/aromatic N) is 1. The second kappa shape index (κ2) is 6.22. The van der Waals surface area contributed by atoms with E-state index in [1.165, 1.54) is 0 Å². The Bertz CT molecular complexity index is 596. The van der Waals surface area contributed by atoms with Crippen molar-refractivity contribution in [3.8, 4) is 0 Å². The summed E-state index contributed by atoms with van der Waals surface area (Å²) >= 11 is 16.8. The lowest BCUT2D eigenvalue weighted by atomic mass is 10.2. The molecule has 0 spiro atoms. The van der Waals surface area contributed by atoms with Crippen LogP contribution in [0.15, 0.2) is 48.5 Å². The Balaban J connectivity index is 2.49. The summed E-state index contributed by atoms with van der Waals surface area (Å²) in [7, 11) is 0. The van der Waals surface area contributed by atoms with E-state index in [-0.39, 0.29) is 4.99 Å². The smallest absolute Gasteiger partial charge is 0.277 e. The number of hydrogen-bond donors (Lipinski definition) is 1. The molecule has 0 saturated heterocycles. The number of carbonyl (C=O) groups excluding carboxylic acids is 1. The van der Waals surface area contributed by atoms with Gasteiger partial charge in [-0.05, 0) is 48.5 Å². The van der Waals surface area contributed by atoms with Gasteiger partial charge >= 0.3 is 0 Å². The molecule has 20 heavy (non-hydrogen) atoms. The topological polar surface area (TPSA) is 46.3 Å². The Hall–Kier alpha value is -1.62. The molecule has 2 rings (SSSR count). The second-order valence-corrected chi connectivity index (χ2v) is 5.22. The zero-order valence-corrected chi connectivity index (χ0v) is 12.5. The Morgan fingerprint density at radius 3 is 1.55 bits per heavy atom. The van der Waals surface area contributed by atoms with Gasteiger partial charge < -0.3 is 5.73 Å². The van der Waals surface area contributed by atoms with Crippen LogP contribution >= 0.6 is 35.4 Å². The maximum absolute atomic E-state index is 11.4. The summed E-state index contributed by atoms with van der Waals surface area (Å²) in [6, 6.07) is 13.9. The van der Waals surface area contributed by atoms with Gasteiger partial charge in [0.05, 0.1) is 0 Å². The van der Waals surface area contributed by atoms with E-state index in [0.29, 0.717) is 21.4 Å². The largest absolute Gasteiger partial charge is 0.364 e. The number of anilines is 2. The Kier molecular flexibility index (Phi) is 4.60. The van der Waals surface area contributed by atoms with Crippen LogP contribution in [0.5, 0.6) is 0 Å². The lowest BCUT2D eigenvalue weighted by Crippen LogP contribution is -2.35. The third kappa shape index (κ3) is 3.28. The van der Waals surface area contributed by atoms with E-state index in [9.17, 15) is 4.79 Å². The Morgan fingerprint density at radius 1 is 0.900 bits per heavy atom. The number of carbonyl (C=O) groups is 1. The van der Waals surface area contributed by atoms with Gasteiger partial charge in [-0.3, -0.25) is 9.69 Å². The molecule has 1 amide bonds. The molecule has 6 heteroatoms. The van der Waals surface area contributed by atoms with Crippen molar-refractivity contribution < 1.29 is 4.79 Å². The number of halogens is 2. The van der Waals surface area contributed by atoms with E-state index in [2.05, 4.69) is 0 Å². The van der Waals surface area contributed by atoms with Gasteiger partial charge in [-0.25, -0.2) is 0 Å². The van der Waals surface area contributed by atoms with Gasteiger partial charge in [-0.1, -0.05) is 35.4 Å². The molecule has 0 unspecified atom stereocenters. The minimum Gasteiger partial charge on any atom is -0.364 e. The molecule has 0 fully saturated rings. The average molecular weight is 325 g/mol. The lowest BCUT2D eigenvalue weighted by Gasteiger charge is -2.24. The van der Waals surface area contributed by atoms with Crippen molar-refractivity contribution in [2.24, 2.45) is 5.73 Å². The van der Waals surface area contributed by atoms with Crippen LogP contribution in [-0.4, -0.2) is 10.9 Å². The molecule has 0 radical (unpaired) electrons. The number of primary amides is 1. The van der Waals surface area contributed by atoms with Crippen LogP contribution in [0, 0.1) is 0 Å². The monoisotopic (exact) mass is 324 g/mol. The van der Waals surface area contributed by atoms with E-state index in [0.717, 1.165) is 0 Å². The number of thiocarbonyl (C=S) groups is 1. The Morgan fingerprint density at radius 2 is 1.25 bits per heavy atom. The van der Waals surface area contributed by atoms with Crippen LogP contribution in [0.1, 0.15) is 0 Å². The van der Waals surface area contributed by atoms with E-state index < -0.39 is 5.91 Å². The highest BCUT2D eigenvalue weighted by molar-refractivity contribution is 7.82. The first-order chi connectivity index (χ1) is 9.49. The van der Waals surface area contributed by atoms with Crippen LogP contribution in [0.2, 0.25) is 10.0 Å². The second-order valence-electron chi connectivity index (χ2n) is 3.96. The van der Waals surface area contributed by atoms with E-state index >= 15 is 0 Å². The third-order valence-electron chi connectivity index (χ3n) is 2.58. The van der Waals surface area contributed by atoms with E-state index in [1.807, 2.05) is 0 Å². The summed E-state index contributed by atoms with van der Waals surface area (Å²) in [4.78, 5) is 13.0. The SMILES string of the molecule is NC(=O)C(=S)N(c1ccc(Cl)cc1)c1ccc(Cl)cc1. The lowest BCUT2D eigenvalue weighted by molar-refractivity contribution is -0.111. The van der Waals surface area contributed by atoms with Gasteiger partial charge in [0.25, 0.3) is 5.91 Å². The summed E-state index contributed by atoms with van der Waals surface area (Å²) < 4.78 is 0. The molecular weight excluding hydrogens is 315 g/mol. The van der Waals surface area contributed by atoms with Crippen LogP contribution in [-0.2, 0) is 4.79 Å². The first-order valence-electron chi connectivity index (χ1n) is 5.64. The number of nitrogens with two attached hydrogens (primary N) is 1. The predicted octanol–water partition coefficient (Wildman–Crippen LogP) is 3.94. The van der Waals surface area contributed by atoms with Crippen molar-refractivity contribution in [2.45, 2.75) is 0 Å². The molecule has 3 nitrogen and oxygen atoms in total. The van der Waals surface area contributed by atoms with Crippen molar-refractivity contribution in [1.82, 2.24) is 0 Å². The molecule has 0 bridgehead atoms. The highest BCUT2D eigenvalue weighted by Gasteiger charge is 2.18. The van der Waals surface area contributed by atoms with Gasteiger partial charge in [0, 0.05) is 21.4 Å². The fraction of sp³-hybridized carbons (Fsp3) is 0. The summed E-state index contributed by atoms with van der Waals surface area (Å²) in [5.74, 6) is -0.676. The molecule has 0 aliphatic heterocycles. The number of hydrogen-bond acceptors (Lipinski definition) is 2. The summed E-state index contributed by atoms with van der Waals surface area (Å²) in [5.41, 5.74) is 6.69. The highest BCUT2D eigenvalue weighted by atomic mass is 35.5. The molecule has 0 aliphatic rings. The maximum atomic E-state index is 11.4.